The Kier molecular flexibility index (Phi) is 4.90. The van der Waals surface area contributed by atoms with E-state index in [2.05, 4.69) is 5.32 Å². The summed E-state index contributed by atoms with van der Waals surface area (Å²) >= 11 is 6.11. The number of carboxylic acids is 1. The van der Waals surface area contributed by atoms with Gasteiger partial charge in [0.05, 0.1) is 30.0 Å². The van der Waals surface area contributed by atoms with E-state index in [-0.39, 0.29) is 17.9 Å². The molecule has 1 unspecified atom stereocenters. The van der Waals surface area contributed by atoms with Crippen LogP contribution in [-0.4, -0.2) is 21.6 Å². The lowest BCUT2D eigenvalue weighted by atomic mass is 10.1. The second-order valence-electron chi connectivity index (χ2n) is 6.51. The Hall–Kier alpha value is -3.09. The Morgan fingerprint density at radius 2 is 1.96 bits per heavy atom. The molecule has 0 spiro atoms. The smallest absolute Gasteiger partial charge is 0.335 e. The first-order chi connectivity index (χ1) is 13.5. The van der Waals surface area contributed by atoms with E-state index in [1.807, 2.05) is 41.1 Å². The lowest BCUT2D eigenvalue weighted by molar-refractivity contribution is -0.119. The van der Waals surface area contributed by atoms with E-state index in [0.29, 0.717) is 17.3 Å². The van der Waals surface area contributed by atoms with Crippen LogP contribution in [0, 0.1) is 0 Å². The number of nitrogens with one attached hydrogen (secondary N) is 1. The van der Waals surface area contributed by atoms with Crippen molar-refractivity contribution in [2.24, 2.45) is 0 Å². The summed E-state index contributed by atoms with van der Waals surface area (Å²) in [6, 6.07) is 15.5. The van der Waals surface area contributed by atoms with Crippen LogP contribution in [0.25, 0.3) is 5.69 Å². The molecule has 0 bridgehead atoms. The highest BCUT2D eigenvalue weighted by Crippen LogP contribution is 2.33. The van der Waals surface area contributed by atoms with Crippen molar-refractivity contribution in [2.45, 2.75) is 19.1 Å². The third kappa shape index (κ3) is 3.65. The van der Waals surface area contributed by atoms with Gasteiger partial charge in [0.1, 0.15) is 6.10 Å². The molecule has 0 saturated carbocycles. The maximum absolute atomic E-state index is 12.5. The molecule has 0 aliphatic carbocycles. The Balaban J connectivity index is 1.51. The number of carbonyl (C=O) groups excluding carboxylic acids is 1. The molecule has 142 valence electrons. The average molecular weight is 397 g/mol. The van der Waals surface area contributed by atoms with Crippen LogP contribution in [0.1, 0.15) is 34.1 Å². The summed E-state index contributed by atoms with van der Waals surface area (Å²) in [5.74, 6) is -1.23. The number of aromatic nitrogens is 1. The summed E-state index contributed by atoms with van der Waals surface area (Å²) in [5.41, 5.74) is 3.53. The Labute approximate surface area is 166 Å². The maximum Gasteiger partial charge on any atom is 0.335 e. The van der Waals surface area contributed by atoms with Crippen molar-refractivity contribution in [3.05, 3.63) is 82.6 Å². The number of carboxylic acid groups (broad SMARTS) is 1. The number of amides is 1. The summed E-state index contributed by atoms with van der Waals surface area (Å²) in [7, 11) is 0. The Morgan fingerprint density at radius 3 is 2.71 bits per heavy atom. The molecule has 3 aromatic rings. The topological polar surface area (TPSA) is 80.6 Å². The summed E-state index contributed by atoms with van der Waals surface area (Å²) in [5, 5.41) is 12.4. The molecule has 1 aliphatic heterocycles. The molecule has 7 heteroatoms. The number of benzene rings is 2. The number of ether oxygens (including phenoxy) is 1. The summed E-state index contributed by atoms with van der Waals surface area (Å²) in [6.07, 6.45) is 1.65. The van der Waals surface area contributed by atoms with Gasteiger partial charge in [-0.3, -0.25) is 4.79 Å². The van der Waals surface area contributed by atoms with Crippen LogP contribution in [0.4, 0.5) is 5.69 Å². The van der Waals surface area contributed by atoms with Gasteiger partial charge in [0.15, 0.2) is 0 Å². The first kappa shape index (κ1) is 18.3. The van der Waals surface area contributed by atoms with Gasteiger partial charge in [-0.05, 0) is 54.6 Å². The quantitative estimate of drug-likeness (QED) is 0.683. The fraction of sp³-hybridized carbons (Fsp3) is 0.143. The van der Waals surface area contributed by atoms with Gasteiger partial charge in [-0.15, -0.1) is 0 Å². The van der Waals surface area contributed by atoms with Gasteiger partial charge in [-0.2, -0.15) is 0 Å². The highest BCUT2D eigenvalue weighted by atomic mass is 35.5. The Bertz CT molecular complexity index is 1040. The molecule has 0 saturated heterocycles. The third-order valence-corrected chi connectivity index (χ3v) is 4.87. The SMILES string of the molecule is O=C(CC1OCc2cc(Cl)ccc2-n2cccc21)Nc1ccc(C(=O)O)cc1. The second kappa shape index (κ2) is 7.50. The predicted molar refractivity (Wildman–Crippen MR) is 105 cm³/mol. The minimum Gasteiger partial charge on any atom is -0.478 e. The van der Waals surface area contributed by atoms with Gasteiger partial charge < -0.3 is 19.7 Å². The minimum absolute atomic E-state index is 0.131. The normalized spacial score (nSPS) is 15.2. The number of fused-ring (bicyclic) bond motifs is 3. The number of hydrogen-bond donors (Lipinski definition) is 2. The van der Waals surface area contributed by atoms with Crippen LogP contribution in [0.3, 0.4) is 0 Å². The van der Waals surface area contributed by atoms with E-state index in [1.54, 1.807) is 12.1 Å². The van der Waals surface area contributed by atoms with Gasteiger partial charge in [-0.1, -0.05) is 11.6 Å². The van der Waals surface area contributed by atoms with E-state index >= 15 is 0 Å². The molecule has 2 heterocycles. The summed E-state index contributed by atoms with van der Waals surface area (Å²) in [4.78, 5) is 23.5. The molecule has 1 amide bonds. The van der Waals surface area contributed by atoms with Crippen molar-refractivity contribution in [1.82, 2.24) is 4.57 Å². The van der Waals surface area contributed by atoms with E-state index < -0.39 is 12.1 Å². The van der Waals surface area contributed by atoms with Gasteiger partial charge in [0.2, 0.25) is 5.91 Å². The minimum atomic E-state index is -1.01. The first-order valence-electron chi connectivity index (χ1n) is 8.72. The molecule has 1 aliphatic rings. The number of nitrogens with zero attached hydrogens (tertiary/aromatic N) is 1. The van der Waals surface area contributed by atoms with Crippen molar-refractivity contribution in [1.29, 1.82) is 0 Å². The molecule has 0 radical (unpaired) electrons. The molecule has 1 aromatic heterocycles. The second-order valence-corrected chi connectivity index (χ2v) is 6.95. The fourth-order valence-corrected chi connectivity index (χ4v) is 3.49. The van der Waals surface area contributed by atoms with Gasteiger partial charge >= 0.3 is 5.97 Å². The lowest BCUT2D eigenvalue weighted by Gasteiger charge is -2.16. The van der Waals surface area contributed by atoms with E-state index in [1.165, 1.54) is 12.1 Å². The number of halogens is 1. The molecule has 2 aromatic carbocycles. The average Bonchev–Trinajstić information content (AvgIpc) is 3.10. The molecule has 4 rings (SSSR count). The van der Waals surface area contributed by atoms with Gasteiger partial charge in [0.25, 0.3) is 0 Å². The zero-order valence-corrected chi connectivity index (χ0v) is 15.5. The summed E-state index contributed by atoms with van der Waals surface area (Å²) < 4.78 is 8.02. The predicted octanol–water partition coefficient (Wildman–Crippen LogP) is 4.43. The lowest BCUT2D eigenvalue weighted by Crippen LogP contribution is -2.18. The molecule has 1 atom stereocenters. The zero-order valence-electron chi connectivity index (χ0n) is 14.8. The van der Waals surface area contributed by atoms with E-state index in [0.717, 1.165) is 16.9 Å². The van der Waals surface area contributed by atoms with Crippen molar-refractivity contribution in [3.63, 3.8) is 0 Å². The number of rotatable bonds is 4. The molecule has 6 nitrogen and oxygen atoms in total. The zero-order chi connectivity index (χ0) is 19.7. The van der Waals surface area contributed by atoms with Crippen molar-refractivity contribution in [3.8, 4) is 5.69 Å². The monoisotopic (exact) mass is 396 g/mol. The van der Waals surface area contributed by atoms with Gasteiger partial charge in [-0.25, -0.2) is 4.79 Å². The molecule has 2 N–H and O–H groups in total. The molecular formula is C21H17ClN2O4. The van der Waals surface area contributed by atoms with E-state index in [9.17, 15) is 9.59 Å². The molecular weight excluding hydrogens is 380 g/mol. The van der Waals surface area contributed by atoms with Crippen LogP contribution in [0.2, 0.25) is 5.02 Å². The summed E-state index contributed by atoms with van der Waals surface area (Å²) in [6.45, 7) is 0.350. The van der Waals surface area contributed by atoms with Crippen LogP contribution >= 0.6 is 11.6 Å². The van der Waals surface area contributed by atoms with Crippen LogP contribution < -0.4 is 5.32 Å². The van der Waals surface area contributed by atoms with Crippen LogP contribution in [0.5, 0.6) is 0 Å². The van der Waals surface area contributed by atoms with Gasteiger partial charge in [0, 0.05) is 22.5 Å². The molecule has 28 heavy (non-hydrogen) atoms. The standard InChI is InChI=1S/C21H17ClN2O4/c22-15-5-8-17-14(10-15)12-28-19(18-2-1-9-24(17)18)11-20(25)23-16-6-3-13(4-7-16)21(26)27/h1-10,19H,11-12H2,(H,23,25)(H,26,27). The number of anilines is 1. The molecule has 0 fully saturated rings. The number of carbonyl (C=O) groups is 2. The number of hydrogen-bond acceptors (Lipinski definition) is 3. The van der Waals surface area contributed by atoms with Crippen LogP contribution in [-0.2, 0) is 16.1 Å². The van der Waals surface area contributed by atoms with Crippen molar-refractivity contribution < 1.29 is 19.4 Å². The third-order valence-electron chi connectivity index (χ3n) is 4.64. The van der Waals surface area contributed by atoms with Crippen molar-refractivity contribution in [2.75, 3.05) is 5.32 Å². The number of aromatic carboxylic acids is 1. The fourth-order valence-electron chi connectivity index (χ4n) is 3.30. The largest absolute Gasteiger partial charge is 0.478 e. The van der Waals surface area contributed by atoms with Crippen molar-refractivity contribution >= 4 is 29.2 Å². The maximum atomic E-state index is 12.5. The Morgan fingerprint density at radius 1 is 1.18 bits per heavy atom. The van der Waals surface area contributed by atoms with E-state index in [4.69, 9.17) is 21.4 Å². The first-order valence-corrected chi connectivity index (χ1v) is 9.10. The van der Waals surface area contributed by atoms with Crippen LogP contribution in [0.15, 0.2) is 60.8 Å². The highest BCUT2D eigenvalue weighted by Gasteiger charge is 2.25. The highest BCUT2D eigenvalue weighted by molar-refractivity contribution is 6.30.